The molecule has 0 aromatic carbocycles. The summed E-state index contributed by atoms with van der Waals surface area (Å²) < 4.78 is 16.8. The standard InChI is InChI=1S/C69H122O6/c1-4-7-10-13-16-18-20-22-24-26-28-29-30-31-32-33-34-35-36-37-38-39-41-42-44-46-48-50-53-56-59-62-68(71)74-65-66(64-73-67(70)61-58-55-52-15-12-9-6-3)75-69(72)63-60-57-54-51-49-47-45-43-40-27-25-23-21-19-17-14-11-8-5-2/h7,10,16,18,22,24,28-29,31-32,34-35,66H,4-6,8-9,11-15,17,19-21,23,25-27,30,33,36-65H2,1-3H3/b10-7-,18-16-,24-22-,29-28-,32-31-,35-34-. The zero-order valence-electron chi connectivity index (χ0n) is 49.8. The van der Waals surface area contributed by atoms with Gasteiger partial charge in [0, 0.05) is 19.3 Å². The number of allylic oxidation sites excluding steroid dienone is 12. The van der Waals surface area contributed by atoms with Gasteiger partial charge in [0.2, 0.25) is 0 Å². The zero-order valence-corrected chi connectivity index (χ0v) is 49.8. The fourth-order valence-electron chi connectivity index (χ4n) is 9.39. The lowest BCUT2D eigenvalue weighted by Gasteiger charge is -2.18. The van der Waals surface area contributed by atoms with E-state index in [4.69, 9.17) is 14.2 Å². The minimum atomic E-state index is -0.770. The Morgan fingerprint density at radius 3 is 0.813 bits per heavy atom. The van der Waals surface area contributed by atoms with E-state index in [1.165, 1.54) is 193 Å². The Labute approximate surface area is 465 Å². The molecule has 75 heavy (non-hydrogen) atoms. The third kappa shape index (κ3) is 61.6. The molecule has 0 aliphatic rings. The van der Waals surface area contributed by atoms with E-state index >= 15 is 0 Å². The van der Waals surface area contributed by atoms with E-state index < -0.39 is 6.10 Å². The molecule has 0 aromatic heterocycles. The first-order chi connectivity index (χ1) is 37.0. The molecular weight excluding hydrogens is 925 g/mol. The molecule has 1 unspecified atom stereocenters. The van der Waals surface area contributed by atoms with E-state index in [1.54, 1.807) is 0 Å². The lowest BCUT2D eigenvalue weighted by atomic mass is 10.0. The number of hydrogen-bond acceptors (Lipinski definition) is 6. The van der Waals surface area contributed by atoms with Crippen molar-refractivity contribution < 1.29 is 28.6 Å². The summed E-state index contributed by atoms with van der Waals surface area (Å²) in [6.45, 7) is 6.53. The van der Waals surface area contributed by atoms with Gasteiger partial charge in [0.25, 0.3) is 0 Å². The van der Waals surface area contributed by atoms with E-state index in [2.05, 4.69) is 93.7 Å². The average Bonchev–Trinajstić information content (AvgIpc) is 3.41. The highest BCUT2D eigenvalue weighted by Gasteiger charge is 2.19. The molecule has 0 N–H and O–H groups in total. The van der Waals surface area contributed by atoms with Crippen molar-refractivity contribution >= 4 is 17.9 Å². The van der Waals surface area contributed by atoms with Crippen LogP contribution in [0.4, 0.5) is 0 Å². The van der Waals surface area contributed by atoms with Crippen LogP contribution in [0.15, 0.2) is 72.9 Å². The highest BCUT2D eigenvalue weighted by Crippen LogP contribution is 2.17. The molecule has 6 nitrogen and oxygen atoms in total. The summed E-state index contributed by atoms with van der Waals surface area (Å²) in [4.78, 5) is 38.1. The molecule has 0 aromatic rings. The number of carbonyl (C=O) groups is 3. The summed E-state index contributed by atoms with van der Waals surface area (Å²) >= 11 is 0. The SMILES string of the molecule is CC/C=C\C/C=C\C/C=C\C/C=C\C/C=C\C/C=C\CCCCCCCCCCCCCCC(=O)OCC(COC(=O)CCCCCCCCC)OC(=O)CCCCCCCCCCCCCCCCCCCCC. The second-order valence-electron chi connectivity index (χ2n) is 21.7. The first kappa shape index (κ1) is 71.8. The van der Waals surface area contributed by atoms with Crippen LogP contribution in [0.2, 0.25) is 0 Å². The first-order valence-corrected chi connectivity index (χ1v) is 32.4. The van der Waals surface area contributed by atoms with Crippen LogP contribution in [0, 0.1) is 0 Å². The van der Waals surface area contributed by atoms with Crippen molar-refractivity contribution in [3.05, 3.63) is 72.9 Å². The molecular formula is C69H122O6. The molecule has 0 radical (unpaired) electrons. The topological polar surface area (TPSA) is 78.9 Å². The normalized spacial score (nSPS) is 12.5. The molecule has 0 saturated heterocycles. The van der Waals surface area contributed by atoms with Gasteiger partial charge < -0.3 is 14.2 Å². The van der Waals surface area contributed by atoms with Gasteiger partial charge in [-0.25, -0.2) is 0 Å². The Morgan fingerprint density at radius 2 is 0.520 bits per heavy atom. The van der Waals surface area contributed by atoms with Gasteiger partial charge in [-0.05, 0) is 70.6 Å². The van der Waals surface area contributed by atoms with Crippen LogP contribution in [-0.2, 0) is 28.6 Å². The van der Waals surface area contributed by atoms with Crippen LogP contribution in [-0.4, -0.2) is 37.2 Å². The molecule has 0 heterocycles. The minimum absolute atomic E-state index is 0.0708. The van der Waals surface area contributed by atoms with Crippen molar-refractivity contribution in [1.82, 2.24) is 0 Å². The summed E-state index contributed by atoms with van der Waals surface area (Å²) in [5.41, 5.74) is 0. The zero-order chi connectivity index (χ0) is 54.3. The molecule has 0 bridgehead atoms. The van der Waals surface area contributed by atoms with Crippen LogP contribution < -0.4 is 0 Å². The summed E-state index contributed by atoms with van der Waals surface area (Å²) in [6.07, 6.45) is 82.2. The van der Waals surface area contributed by atoms with Crippen molar-refractivity contribution in [3.63, 3.8) is 0 Å². The fourth-order valence-corrected chi connectivity index (χ4v) is 9.39. The molecule has 0 fully saturated rings. The van der Waals surface area contributed by atoms with Crippen molar-refractivity contribution in [2.24, 2.45) is 0 Å². The second-order valence-corrected chi connectivity index (χ2v) is 21.7. The van der Waals surface area contributed by atoms with Gasteiger partial charge in [-0.3, -0.25) is 14.4 Å². The Bertz CT molecular complexity index is 1390. The number of rotatable bonds is 59. The molecule has 6 heteroatoms. The van der Waals surface area contributed by atoms with Crippen LogP contribution in [0.3, 0.4) is 0 Å². The maximum absolute atomic E-state index is 12.9. The van der Waals surface area contributed by atoms with E-state index in [1.807, 2.05) is 0 Å². The van der Waals surface area contributed by atoms with Crippen molar-refractivity contribution in [3.8, 4) is 0 Å². The Kier molecular flexibility index (Phi) is 60.7. The number of ether oxygens (including phenoxy) is 3. The Morgan fingerprint density at radius 1 is 0.280 bits per heavy atom. The second kappa shape index (κ2) is 63.4. The van der Waals surface area contributed by atoms with Gasteiger partial charge in [0.05, 0.1) is 0 Å². The average molecular weight is 1050 g/mol. The van der Waals surface area contributed by atoms with Crippen LogP contribution in [0.1, 0.15) is 329 Å². The third-order valence-electron chi connectivity index (χ3n) is 14.2. The largest absolute Gasteiger partial charge is 0.462 e. The van der Waals surface area contributed by atoms with Gasteiger partial charge in [0.15, 0.2) is 6.10 Å². The molecule has 434 valence electrons. The lowest BCUT2D eigenvalue weighted by molar-refractivity contribution is -0.167. The Hall–Kier alpha value is -3.15. The molecule has 0 amide bonds. The fraction of sp³-hybridized carbons (Fsp3) is 0.783. The van der Waals surface area contributed by atoms with E-state index in [0.29, 0.717) is 19.3 Å². The van der Waals surface area contributed by atoms with Gasteiger partial charge in [0.1, 0.15) is 13.2 Å². The summed E-state index contributed by atoms with van der Waals surface area (Å²) in [5.74, 6) is -0.862. The van der Waals surface area contributed by atoms with E-state index in [0.717, 1.165) is 96.3 Å². The predicted molar refractivity (Wildman–Crippen MR) is 325 cm³/mol. The molecule has 1 atom stereocenters. The van der Waals surface area contributed by atoms with E-state index in [-0.39, 0.29) is 31.1 Å². The lowest BCUT2D eigenvalue weighted by Crippen LogP contribution is -2.30. The third-order valence-corrected chi connectivity index (χ3v) is 14.2. The van der Waals surface area contributed by atoms with Crippen molar-refractivity contribution in [1.29, 1.82) is 0 Å². The molecule has 0 rings (SSSR count). The maximum Gasteiger partial charge on any atom is 0.306 e. The quantitative estimate of drug-likeness (QED) is 0.0261. The highest BCUT2D eigenvalue weighted by atomic mass is 16.6. The first-order valence-electron chi connectivity index (χ1n) is 32.4. The highest BCUT2D eigenvalue weighted by molar-refractivity contribution is 5.71. The summed E-state index contributed by atoms with van der Waals surface area (Å²) in [7, 11) is 0. The smallest absolute Gasteiger partial charge is 0.306 e. The summed E-state index contributed by atoms with van der Waals surface area (Å²) in [6, 6.07) is 0. The van der Waals surface area contributed by atoms with Crippen molar-refractivity contribution in [2.45, 2.75) is 335 Å². The predicted octanol–water partition coefficient (Wildman–Crippen LogP) is 22.1. The maximum atomic E-state index is 12.9. The summed E-state index contributed by atoms with van der Waals surface area (Å²) in [5, 5.41) is 0. The molecule has 0 aliphatic carbocycles. The number of carbonyl (C=O) groups excluding carboxylic acids is 3. The van der Waals surface area contributed by atoms with Crippen LogP contribution in [0.25, 0.3) is 0 Å². The number of hydrogen-bond donors (Lipinski definition) is 0. The van der Waals surface area contributed by atoms with E-state index in [9.17, 15) is 14.4 Å². The van der Waals surface area contributed by atoms with Gasteiger partial charge >= 0.3 is 17.9 Å². The van der Waals surface area contributed by atoms with Gasteiger partial charge in [-0.1, -0.05) is 312 Å². The van der Waals surface area contributed by atoms with Crippen LogP contribution >= 0.6 is 0 Å². The number of unbranched alkanes of at least 4 members (excludes halogenated alkanes) is 36. The minimum Gasteiger partial charge on any atom is -0.462 e. The van der Waals surface area contributed by atoms with Gasteiger partial charge in [-0.15, -0.1) is 0 Å². The molecule has 0 spiro atoms. The van der Waals surface area contributed by atoms with Crippen LogP contribution in [0.5, 0.6) is 0 Å². The molecule has 0 aliphatic heterocycles. The Balaban J connectivity index is 4.08. The monoisotopic (exact) mass is 1050 g/mol. The van der Waals surface area contributed by atoms with Gasteiger partial charge in [-0.2, -0.15) is 0 Å². The molecule has 0 saturated carbocycles. The van der Waals surface area contributed by atoms with Crippen molar-refractivity contribution in [2.75, 3.05) is 13.2 Å². The number of esters is 3.